The molecule has 0 aromatic heterocycles. The number of aliphatic hydroxyl groups is 1. The number of methoxy groups -OCH3 is 1. The summed E-state index contributed by atoms with van der Waals surface area (Å²) in [5.74, 6) is 0.0291. The van der Waals surface area contributed by atoms with Crippen LogP contribution in [0.5, 0.6) is 5.75 Å². The van der Waals surface area contributed by atoms with Crippen LogP contribution < -0.4 is 15.4 Å². The van der Waals surface area contributed by atoms with Crippen molar-refractivity contribution in [3.05, 3.63) is 65.7 Å². The third-order valence-electron chi connectivity index (χ3n) is 5.85. The molecule has 36 heavy (non-hydrogen) atoms. The van der Waals surface area contributed by atoms with Crippen molar-refractivity contribution >= 4 is 15.9 Å². The highest BCUT2D eigenvalue weighted by molar-refractivity contribution is 7.89. The third kappa shape index (κ3) is 10.3. The number of carbonyl (C=O) groups excluding carboxylic acids is 1. The van der Waals surface area contributed by atoms with Crippen LogP contribution in [0, 0.1) is 0 Å². The molecule has 0 heterocycles. The van der Waals surface area contributed by atoms with Crippen molar-refractivity contribution in [1.29, 1.82) is 0 Å². The van der Waals surface area contributed by atoms with Crippen molar-refractivity contribution in [1.82, 2.24) is 14.9 Å². The zero-order valence-corrected chi connectivity index (χ0v) is 22.5. The molecule has 0 radical (unpaired) electrons. The summed E-state index contributed by atoms with van der Waals surface area (Å²) in [6.45, 7) is 5.61. The molecule has 200 valence electrons. The minimum atomic E-state index is -3.53. The van der Waals surface area contributed by atoms with Gasteiger partial charge in [-0.15, -0.1) is 0 Å². The Bertz CT molecular complexity index is 1010. The van der Waals surface area contributed by atoms with E-state index in [2.05, 4.69) is 10.6 Å². The number of aliphatic hydroxyl groups excluding tert-OH is 1. The maximum atomic E-state index is 12.8. The fourth-order valence-corrected chi connectivity index (χ4v) is 5.58. The fraction of sp³-hybridized carbons (Fsp3) is 0.519. The molecular formula is C27H41N3O5S. The van der Waals surface area contributed by atoms with Gasteiger partial charge >= 0.3 is 0 Å². The van der Waals surface area contributed by atoms with Crippen LogP contribution in [0.25, 0.3) is 0 Å². The number of sulfonamides is 1. The number of nitrogens with zero attached hydrogens (tertiary/aromatic N) is 1. The minimum Gasteiger partial charge on any atom is -0.497 e. The largest absolute Gasteiger partial charge is 0.497 e. The lowest BCUT2D eigenvalue weighted by Gasteiger charge is -2.25. The summed E-state index contributed by atoms with van der Waals surface area (Å²) >= 11 is 0. The first-order valence-electron chi connectivity index (χ1n) is 12.6. The SMILES string of the molecule is CCCN(CCC)S(=O)(=O)CCC(=O)N[C@@H](Cc1cccc(OC)c1)[C@@H](O)CNCc1ccccc1. The van der Waals surface area contributed by atoms with Crippen LogP contribution in [0.3, 0.4) is 0 Å². The fourth-order valence-electron chi connectivity index (χ4n) is 3.96. The summed E-state index contributed by atoms with van der Waals surface area (Å²) in [6.07, 6.45) is 0.774. The van der Waals surface area contributed by atoms with Gasteiger partial charge in [0.2, 0.25) is 15.9 Å². The highest BCUT2D eigenvalue weighted by Crippen LogP contribution is 2.15. The average molecular weight is 520 g/mol. The molecule has 0 saturated heterocycles. The van der Waals surface area contributed by atoms with Gasteiger partial charge in [0.05, 0.1) is 25.0 Å². The first kappa shape index (κ1) is 29.8. The zero-order chi connectivity index (χ0) is 26.4. The van der Waals surface area contributed by atoms with Crippen molar-refractivity contribution in [3.8, 4) is 5.75 Å². The Morgan fingerprint density at radius 1 is 1.03 bits per heavy atom. The smallest absolute Gasteiger partial charge is 0.221 e. The highest BCUT2D eigenvalue weighted by atomic mass is 32.2. The lowest BCUT2D eigenvalue weighted by atomic mass is 10.0. The Morgan fingerprint density at radius 2 is 1.69 bits per heavy atom. The molecule has 0 aliphatic carbocycles. The van der Waals surface area contributed by atoms with Crippen molar-refractivity contribution in [2.24, 2.45) is 0 Å². The molecule has 3 N–H and O–H groups in total. The summed E-state index contributed by atoms with van der Waals surface area (Å²) in [5.41, 5.74) is 1.98. The van der Waals surface area contributed by atoms with Gasteiger partial charge in [-0.3, -0.25) is 4.79 Å². The highest BCUT2D eigenvalue weighted by Gasteiger charge is 2.25. The number of rotatable bonds is 17. The maximum absolute atomic E-state index is 12.8. The molecule has 2 rings (SSSR count). The summed E-state index contributed by atoms with van der Waals surface area (Å²) in [7, 11) is -1.94. The van der Waals surface area contributed by atoms with E-state index in [1.165, 1.54) is 4.31 Å². The lowest BCUT2D eigenvalue weighted by Crippen LogP contribution is -2.49. The van der Waals surface area contributed by atoms with Crippen molar-refractivity contribution < 1.29 is 23.1 Å². The molecular weight excluding hydrogens is 478 g/mol. The molecule has 1 amide bonds. The van der Waals surface area contributed by atoms with Crippen LogP contribution in [0.15, 0.2) is 54.6 Å². The van der Waals surface area contributed by atoms with E-state index in [1.807, 2.05) is 68.4 Å². The maximum Gasteiger partial charge on any atom is 0.221 e. The van der Waals surface area contributed by atoms with Crippen LogP contribution in [0.4, 0.5) is 0 Å². The minimum absolute atomic E-state index is 0.162. The molecule has 2 atom stereocenters. The normalized spacial score (nSPS) is 13.4. The van der Waals surface area contributed by atoms with Crippen molar-refractivity contribution in [2.45, 2.75) is 58.2 Å². The molecule has 9 heteroatoms. The van der Waals surface area contributed by atoms with Crippen LogP contribution in [-0.4, -0.2) is 68.4 Å². The molecule has 0 spiro atoms. The van der Waals surface area contributed by atoms with Crippen LogP contribution >= 0.6 is 0 Å². The van der Waals surface area contributed by atoms with Crippen LogP contribution in [0.2, 0.25) is 0 Å². The third-order valence-corrected chi connectivity index (χ3v) is 7.72. The first-order valence-corrected chi connectivity index (χ1v) is 14.2. The van der Waals surface area contributed by atoms with E-state index in [9.17, 15) is 18.3 Å². The first-order chi connectivity index (χ1) is 17.3. The second-order valence-electron chi connectivity index (χ2n) is 8.88. The second-order valence-corrected chi connectivity index (χ2v) is 11.0. The van der Waals surface area contributed by atoms with Crippen molar-refractivity contribution in [2.75, 3.05) is 32.5 Å². The van der Waals surface area contributed by atoms with Gasteiger partial charge in [0.1, 0.15) is 5.75 Å². The van der Waals surface area contributed by atoms with E-state index in [0.29, 0.717) is 31.8 Å². The molecule has 8 nitrogen and oxygen atoms in total. The van der Waals surface area contributed by atoms with Crippen LogP contribution in [-0.2, 0) is 27.8 Å². The number of ether oxygens (including phenoxy) is 1. The Hall–Kier alpha value is -2.46. The second kappa shape index (κ2) is 15.6. The zero-order valence-electron chi connectivity index (χ0n) is 21.7. The van der Waals surface area contributed by atoms with Crippen molar-refractivity contribution in [3.63, 3.8) is 0 Å². The Kier molecular flexibility index (Phi) is 12.9. The van der Waals surface area contributed by atoms with Gasteiger partial charge in [0.25, 0.3) is 0 Å². The van der Waals surface area contributed by atoms with E-state index >= 15 is 0 Å². The van der Waals surface area contributed by atoms with Gasteiger partial charge in [-0.25, -0.2) is 12.7 Å². The molecule has 0 unspecified atom stereocenters. The Balaban J connectivity index is 2.04. The Morgan fingerprint density at radius 3 is 2.33 bits per heavy atom. The van der Waals surface area contributed by atoms with Gasteiger partial charge in [-0.05, 0) is 42.5 Å². The molecule has 2 aromatic carbocycles. The van der Waals surface area contributed by atoms with Crippen LogP contribution in [0.1, 0.15) is 44.2 Å². The molecule has 0 aliphatic rings. The number of nitrogens with one attached hydrogen (secondary N) is 2. The molecule has 0 fully saturated rings. The quantitative estimate of drug-likeness (QED) is 0.297. The van der Waals surface area contributed by atoms with E-state index in [1.54, 1.807) is 7.11 Å². The Labute approximate surface area is 216 Å². The molecule has 2 aromatic rings. The summed E-state index contributed by atoms with van der Waals surface area (Å²) in [4.78, 5) is 12.8. The number of carbonyl (C=O) groups is 1. The van der Waals surface area contributed by atoms with Gasteiger partial charge in [-0.1, -0.05) is 56.3 Å². The molecule has 0 aliphatic heterocycles. The standard InChI is InChI=1S/C27H41N3O5S/c1-4-15-30(16-5-2)36(33,34)17-14-27(32)29-25(19-23-12-9-13-24(18-23)35-3)26(31)21-28-20-22-10-7-6-8-11-22/h6-13,18,25-26,28,31H,4-5,14-17,19-21H2,1-3H3,(H,29,32)/t25-,26-/m0/s1. The van der Waals surface area contributed by atoms with E-state index in [-0.39, 0.29) is 18.7 Å². The van der Waals surface area contributed by atoms with Gasteiger partial charge < -0.3 is 20.5 Å². The van der Waals surface area contributed by atoms with Gasteiger partial charge in [0.15, 0.2) is 0 Å². The van der Waals surface area contributed by atoms with E-state index in [0.717, 1.165) is 24.0 Å². The number of benzene rings is 2. The number of amides is 1. The van der Waals surface area contributed by atoms with E-state index in [4.69, 9.17) is 4.74 Å². The molecule has 0 bridgehead atoms. The summed E-state index contributed by atoms with van der Waals surface area (Å²) in [5, 5.41) is 17.1. The predicted octanol–water partition coefficient (Wildman–Crippen LogP) is 2.72. The molecule has 0 saturated carbocycles. The average Bonchev–Trinajstić information content (AvgIpc) is 2.87. The monoisotopic (exact) mass is 519 g/mol. The predicted molar refractivity (Wildman–Crippen MR) is 143 cm³/mol. The van der Waals surface area contributed by atoms with Gasteiger partial charge in [-0.2, -0.15) is 0 Å². The number of hydrogen-bond acceptors (Lipinski definition) is 6. The summed E-state index contributed by atoms with van der Waals surface area (Å²) in [6, 6.07) is 16.7. The van der Waals surface area contributed by atoms with E-state index < -0.39 is 28.1 Å². The lowest BCUT2D eigenvalue weighted by molar-refractivity contribution is -0.122. The number of hydrogen-bond donors (Lipinski definition) is 3. The topological polar surface area (TPSA) is 108 Å². The summed E-state index contributed by atoms with van der Waals surface area (Å²) < 4.78 is 32.2. The van der Waals surface area contributed by atoms with Gasteiger partial charge in [0, 0.05) is 32.6 Å².